The van der Waals surface area contributed by atoms with Crippen molar-refractivity contribution < 1.29 is 9.90 Å². The summed E-state index contributed by atoms with van der Waals surface area (Å²) in [7, 11) is 0. The average Bonchev–Trinajstić information content (AvgIpc) is 2.60. The molecule has 25 heavy (non-hydrogen) atoms. The number of aliphatic carboxylic acids is 1. The molecule has 0 saturated heterocycles. The molecule has 0 amide bonds. The number of guanidine groups is 1. The zero-order chi connectivity index (χ0) is 18.5. The molecule has 0 aromatic rings. The first kappa shape index (κ1) is 21.7. The number of carbonyl (C=O) groups is 1. The molecule has 0 bridgehead atoms. The van der Waals surface area contributed by atoms with E-state index < -0.39 is 12.0 Å². The van der Waals surface area contributed by atoms with Gasteiger partial charge in [0.2, 0.25) is 0 Å². The predicted molar refractivity (Wildman–Crippen MR) is 102 cm³/mol. The minimum Gasteiger partial charge on any atom is -0.480 e. The molecular weight excluding hydrogens is 318 g/mol. The Balaban J connectivity index is 0.000000252. The summed E-state index contributed by atoms with van der Waals surface area (Å²) in [6.45, 7) is 0.420. The molecule has 2 aliphatic rings. The van der Waals surface area contributed by atoms with E-state index in [0.717, 1.165) is 12.1 Å². The van der Waals surface area contributed by atoms with Gasteiger partial charge in [0.1, 0.15) is 6.04 Å². The molecule has 8 N–H and O–H groups in total. The zero-order valence-electron chi connectivity index (χ0n) is 15.5. The summed E-state index contributed by atoms with van der Waals surface area (Å²) < 4.78 is 0. The highest BCUT2D eigenvalue weighted by Crippen LogP contribution is 2.22. The average molecular weight is 356 g/mol. The van der Waals surface area contributed by atoms with E-state index >= 15 is 0 Å². The molecule has 0 spiro atoms. The number of nitrogens with zero attached hydrogens (tertiary/aromatic N) is 1. The van der Waals surface area contributed by atoms with Crippen molar-refractivity contribution in [3.8, 4) is 0 Å². The zero-order valence-corrected chi connectivity index (χ0v) is 15.5. The van der Waals surface area contributed by atoms with Crippen LogP contribution in [0.15, 0.2) is 4.99 Å². The Bertz CT molecular complexity index is 371. The molecule has 0 aromatic carbocycles. The van der Waals surface area contributed by atoms with Gasteiger partial charge in [0.15, 0.2) is 5.96 Å². The van der Waals surface area contributed by atoms with Crippen LogP contribution in [-0.4, -0.2) is 41.7 Å². The van der Waals surface area contributed by atoms with Gasteiger partial charge in [-0.2, -0.15) is 0 Å². The number of hydrogen-bond acceptors (Lipinski definition) is 4. The third kappa shape index (κ3) is 11.0. The number of carboxylic acids is 1. The number of aliphatic imine (C=N–C) groups is 1. The first-order chi connectivity index (χ1) is 12.0. The number of nitrogens with two attached hydrogens (primary N) is 3. The highest BCUT2D eigenvalue weighted by atomic mass is 16.4. The monoisotopic (exact) mass is 355 g/mol. The fourth-order valence-electron chi connectivity index (χ4n) is 3.51. The van der Waals surface area contributed by atoms with E-state index in [2.05, 4.69) is 10.3 Å². The third-order valence-electron chi connectivity index (χ3n) is 4.97. The fourth-order valence-corrected chi connectivity index (χ4v) is 3.51. The summed E-state index contributed by atoms with van der Waals surface area (Å²) >= 11 is 0. The van der Waals surface area contributed by atoms with Gasteiger partial charge < -0.3 is 27.6 Å². The van der Waals surface area contributed by atoms with Gasteiger partial charge in [0, 0.05) is 18.6 Å². The largest absolute Gasteiger partial charge is 0.480 e. The van der Waals surface area contributed by atoms with Crippen molar-refractivity contribution in [3.63, 3.8) is 0 Å². The van der Waals surface area contributed by atoms with Crippen molar-refractivity contribution in [1.82, 2.24) is 5.32 Å². The first-order valence-corrected chi connectivity index (χ1v) is 9.79. The van der Waals surface area contributed by atoms with E-state index in [4.69, 9.17) is 22.3 Å². The maximum Gasteiger partial charge on any atom is 0.320 e. The highest BCUT2D eigenvalue weighted by Gasteiger charge is 2.19. The Kier molecular flexibility index (Phi) is 11.2. The summed E-state index contributed by atoms with van der Waals surface area (Å²) in [5.74, 6) is -0.987. The van der Waals surface area contributed by atoms with E-state index in [-0.39, 0.29) is 5.96 Å². The van der Waals surface area contributed by atoms with Crippen LogP contribution >= 0.6 is 0 Å². The molecule has 0 heterocycles. The van der Waals surface area contributed by atoms with Gasteiger partial charge in [-0.3, -0.25) is 9.79 Å². The van der Waals surface area contributed by atoms with Crippen LogP contribution in [0.1, 0.15) is 77.0 Å². The Labute approximate surface area is 151 Å². The first-order valence-electron chi connectivity index (χ1n) is 9.79. The number of rotatable bonds is 7. The van der Waals surface area contributed by atoms with Crippen LogP contribution in [0, 0.1) is 0 Å². The van der Waals surface area contributed by atoms with Crippen molar-refractivity contribution >= 4 is 11.9 Å². The summed E-state index contributed by atoms with van der Waals surface area (Å²) in [4.78, 5) is 13.9. The van der Waals surface area contributed by atoms with Crippen LogP contribution in [-0.2, 0) is 4.79 Å². The van der Waals surface area contributed by atoms with Crippen molar-refractivity contribution in [3.05, 3.63) is 0 Å². The smallest absolute Gasteiger partial charge is 0.320 e. The second-order valence-electron chi connectivity index (χ2n) is 7.23. The lowest BCUT2D eigenvalue weighted by molar-refractivity contribution is -0.138. The third-order valence-corrected chi connectivity index (χ3v) is 4.97. The van der Waals surface area contributed by atoms with E-state index in [0.29, 0.717) is 19.4 Å². The highest BCUT2D eigenvalue weighted by molar-refractivity contribution is 5.75. The lowest BCUT2D eigenvalue weighted by Gasteiger charge is -2.30. The summed E-state index contributed by atoms with van der Waals surface area (Å²) in [5, 5.41) is 12.2. The fraction of sp³-hybridized carbons (Fsp3) is 0.889. The van der Waals surface area contributed by atoms with Gasteiger partial charge >= 0.3 is 5.97 Å². The number of nitrogens with one attached hydrogen (secondary N) is 1. The molecular formula is C18H37N5O2. The van der Waals surface area contributed by atoms with Crippen LogP contribution in [0.2, 0.25) is 0 Å². The SMILES string of the molecule is C1CCC(NC2CCCCC2)CC1.NC(N)=NCCCC(N)C(=O)O. The minimum atomic E-state index is -1.00. The second kappa shape index (κ2) is 12.9. The van der Waals surface area contributed by atoms with Gasteiger partial charge in [-0.25, -0.2) is 0 Å². The Hall–Kier alpha value is -1.34. The summed E-state index contributed by atoms with van der Waals surface area (Å²) in [6, 6.07) is 0.924. The van der Waals surface area contributed by atoms with Gasteiger partial charge in [0.25, 0.3) is 0 Å². The maximum absolute atomic E-state index is 10.2. The Morgan fingerprint density at radius 3 is 1.88 bits per heavy atom. The van der Waals surface area contributed by atoms with Crippen LogP contribution in [0.3, 0.4) is 0 Å². The molecule has 7 heteroatoms. The molecule has 1 atom stereocenters. The normalized spacial score (nSPS) is 20.2. The molecule has 0 aromatic heterocycles. The molecule has 2 fully saturated rings. The van der Waals surface area contributed by atoms with Crippen molar-refractivity contribution in [1.29, 1.82) is 0 Å². The Morgan fingerprint density at radius 1 is 1.00 bits per heavy atom. The quantitative estimate of drug-likeness (QED) is 0.267. The summed E-state index contributed by atoms with van der Waals surface area (Å²) in [5.41, 5.74) is 15.3. The molecule has 0 radical (unpaired) electrons. The van der Waals surface area contributed by atoms with Crippen LogP contribution in [0.5, 0.6) is 0 Å². The maximum atomic E-state index is 10.2. The lowest BCUT2D eigenvalue weighted by atomic mass is 9.91. The van der Waals surface area contributed by atoms with Crippen molar-refractivity contribution in [2.45, 2.75) is 95.2 Å². The lowest BCUT2D eigenvalue weighted by Crippen LogP contribution is -2.40. The predicted octanol–water partition coefficient (Wildman–Crippen LogP) is 1.69. The van der Waals surface area contributed by atoms with E-state index in [1.807, 2.05) is 0 Å². The van der Waals surface area contributed by atoms with Crippen molar-refractivity contribution in [2.24, 2.45) is 22.2 Å². The number of carboxylic acid groups (broad SMARTS) is 1. The van der Waals surface area contributed by atoms with Crippen LogP contribution < -0.4 is 22.5 Å². The van der Waals surface area contributed by atoms with E-state index in [1.165, 1.54) is 64.2 Å². The van der Waals surface area contributed by atoms with Crippen LogP contribution in [0.4, 0.5) is 0 Å². The van der Waals surface area contributed by atoms with Gasteiger partial charge in [-0.1, -0.05) is 38.5 Å². The topological polar surface area (TPSA) is 140 Å². The Morgan fingerprint density at radius 2 is 1.48 bits per heavy atom. The second-order valence-corrected chi connectivity index (χ2v) is 7.23. The van der Waals surface area contributed by atoms with Crippen molar-refractivity contribution in [2.75, 3.05) is 6.54 Å². The molecule has 7 nitrogen and oxygen atoms in total. The molecule has 2 aliphatic carbocycles. The van der Waals surface area contributed by atoms with Gasteiger partial charge in [-0.15, -0.1) is 0 Å². The van der Waals surface area contributed by atoms with E-state index in [9.17, 15) is 4.79 Å². The van der Waals surface area contributed by atoms with E-state index in [1.54, 1.807) is 0 Å². The van der Waals surface area contributed by atoms with Crippen LogP contribution in [0.25, 0.3) is 0 Å². The molecule has 2 saturated carbocycles. The summed E-state index contributed by atoms with van der Waals surface area (Å²) in [6.07, 6.45) is 15.5. The van der Waals surface area contributed by atoms with Gasteiger partial charge in [0.05, 0.1) is 0 Å². The molecule has 146 valence electrons. The molecule has 1 unspecified atom stereocenters. The molecule has 0 aliphatic heterocycles. The minimum absolute atomic E-state index is 0.0129. The van der Waals surface area contributed by atoms with Gasteiger partial charge in [-0.05, 0) is 38.5 Å². The standard InChI is InChI=1S/C12H23N.C6H14N4O2/c1-3-7-11(8-4-1)13-12-9-5-2-6-10-12;7-4(5(11)12)2-1-3-10-6(8)9/h11-13H,1-10H2;4H,1-3,7H2,(H,11,12)(H4,8,9,10). The molecule has 2 rings (SSSR count). The number of hydrogen-bond donors (Lipinski definition) is 5.